The molecular weight excluding hydrogens is 350 g/mol. The second-order valence-electron chi connectivity index (χ2n) is 5.88. The van der Waals surface area contributed by atoms with Crippen LogP contribution in [0, 0.1) is 6.92 Å². The van der Waals surface area contributed by atoms with E-state index in [4.69, 9.17) is 4.42 Å². The number of ketones is 1. The molecular formula is C19H15N3O3S. The molecule has 7 heteroatoms. The molecule has 1 aromatic carbocycles. The number of nitrogens with one attached hydrogen (secondary N) is 1. The third-order valence-corrected chi connectivity index (χ3v) is 4.81. The largest absolute Gasteiger partial charge is 0.467 e. The summed E-state index contributed by atoms with van der Waals surface area (Å²) in [7, 11) is 0. The molecule has 1 N–H and O–H groups in total. The van der Waals surface area contributed by atoms with E-state index in [1.807, 2.05) is 47.9 Å². The number of aryl methyl sites for hydroxylation is 1. The monoisotopic (exact) mass is 365 g/mol. The smallest absolute Gasteiger partial charge is 0.297 e. The first-order valence-corrected chi connectivity index (χ1v) is 8.78. The summed E-state index contributed by atoms with van der Waals surface area (Å²) < 4.78 is 11.4. The van der Waals surface area contributed by atoms with Gasteiger partial charge in [0, 0.05) is 17.1 Å². The van der Waals surface area contributed by atoms with Gasteiger partial charge in [-0.15, -0.1) is 0 Å². The fourth-order valence-corrected chi connectivity index (χ4v) is 3.50. The molecule has 6 nitrogen and oxygen atoms in total. The van der Waals surface area contributed by atoms with Gasteiger partial charge < -0.3 is 14.3 Å². The number of Topliss-reactive ketones (excluding diaryl/α,β-unsaturated/α-hetero) is 1. The average Bonchev–Trinajstić information content (AvgIpc) is 3.36. The lowest BCUT2D eigenvalue weighted by atomic mass is 10.1. The average molecular weight is 365 g/mol. The number of carbonyl (C=O) groups excluding carboxylic acids is 2. The van der Waals surface area contributed by atoms with E-state index in [1.54, 1.807) is 18.5 Å². The number of carbonyl (C=O) groups is 2. The highest BCUT2D eigenvalue weighted by atomic mass is 32.1. The molecule has 0 bridgehead atoms. The number of furan rings is 1. The SMILES string of the molecule is Cc1cc(NC(=O)C(=O)c2cn(Cc3ccco3)c3ccccc23)sn1. The second-order valence-corrected chi connectivity index (χ2v) is 6.69. The molecule has 0 aliphatic carbocycles. The van der Waals surface area contributed by atoms with E-state index in [0.717, 1.165) is 33.9 Å². The summed E-state index contributed by atoms with van der Waals surface area (Å²) in [5, 5.41) is 3.91. The Labute approximate surface area is 153 Å². The maximum absolute atomic E-state index is 12.7. The molecule has 3 aromatic heterocycles. The minimum absolute atomic E-state index is 0.367. The number of benzene rings is 1. The van der Waals surface area contributed by atoms with Crippen molar-refractivity contribution in [3.8, 4) is 0 Å². The van der Waals surface area contributed by atoms with Gasteiger partial charge in [-0.3, -0.25) is 9.59 Å². The van der Waals surface area contributed by atoms with Crippen LogP contribution < -0.4 is 5.32 Å². The molecule has 0 saturated carbocycles. The van der Waals surface area contributed by atoms with Crippen LogP contribution in [-0.4, -0.2) is 20.6 Å². The highest BCUT2D eigenvalue weighted by Gasteiger charge is 2.22. The summed E-state index contributed by atoms with van der Waals surface area (Å²) in [5.74, 6) is -0.477. The first kappa shape index (κ1) is 16.3. The van der Waals surface area contributed by atoms with Crippen molar-refractivity contribution in [2.75, 3.05) is 5.32 Å². The van der Waals surface area contributed by atoms with E-state index in [9.17, 15) is 9.59 Å². The van der Waals surface area contributed by atoms with Crippen molar-refractivity contribution in [3.63, 3.8) is 0 Å². The summed E-state index contributed by atoms with van der Waals surface area (Å²) in [4.78, 5) is 25.1. The van der Waals surface area contributed by atoms with Crippen molar-refractivity contribution >= 4 is 39.1 Å². The van der Waals surface area contributed by atoms with Gasteiger partial charge in [-0.2, -0.15) is 4.37 Å². The number of para-hydroxylation sites is 1. The molecule has 0 radical (unpaired) electrons. The first-order valence-electron chi connectivity index (χ1n) is 8.01. The quantitative estimate of drug-likeness (QED) is 0.430. The molecule has 4 aromatic rings. The number of anilines is 1. The van der Waals surface area contributed by atoms with Crippen LogP contribution in [0.4, 0.5) is 5.00 Å². The van der Waals surface area contributed by atoms with Crippen molar-refractivity contribution in [1.29, 1.82) is 0 Å². The van der Waals surface area contributed by atoms with Crippen LogP contribution in [0.3, 0.4) is 0 Å². The lowest BCUT2D eigenvalue weighted by molar-refractivity contribution is -0.112. The number of nitrogens with zero attached hydrogens (tertiary/aromatic N) is 2. The van der Waals surface area contributed by atoms with E-state index in [0.29, 0.717) is 17.1 Å². The van der Waals surface area contributed by atoms with Crippen LogP contribution in [0.15, 0.2) is 59.3 Å². The molecule has 0 aliphatic heterocycles. The Balaban J connectivity index is 1.67. The predicted octanol–water partition coefficient (Wildman–Crippen LogP) is 3.87. The minimum Gasteiger partial charge on any atom is -0.467 e. The number of fused-ring (bicyclic) bond motifs is 1. The number of aromatic nitrogens is 2. The Morgan fingerprint density at radius 1 is 1.23 bits per heavy atom. The van der Waals surface area contributed by atoms with Gasteiger partial charge in [0.1, 0.15) is 10.8 Å². The third-order valence-electron chi connectivity index (χ3n) is 4.01. The van der Waals surface area contributed by atoms with Gasteiger partial charge in [0.15, 0.2) is 0 Å². The molecule has 0 atom stereocenters. The van der Waals surface area contributed by atoms with Crippen molar-refractivity contribution in [2.24, 2.45) is 0 Å². The molecule has 130 valence electrons. The summed E-state index contributed by atoms with van der Waals surface area (Å²) in [5.41, 5.74) is 2.03. The Morgan fingerprint density at radius 2 is 2.08 bits per heavy atom. The van der Waals surface area contributed by atoms with E-state index >= 15 is 0 Å². The standard InChI is InChI=1S/C19H15N3O3S/c1-12-9-17(26-21-12)20-19(24)18(23)15-11-22(10-13-5-4-8-25-13)16-7-3-2-6-14(15)16/h2-9,11H,10H2,1H3,(H,20,24). The van der Waals surface area contributed by atoms with Gasteiger partial charge in [0.2, 0.25) is 0 Å². The zero-order valence-corrected chi connectivity index (χ0v) is 14.7. The zero-order valence-electron chi connectivity index (χ0n) is 13.9. The van der Waals surface area contributed by atoms with Crippen LogP contribution in [0.2, 0.25) is 0 Å². The molecule has 4 rings (SSSR count). The van der Waals surface area contributed by atoms with Gasteiger partial charge >= 0.3 is 0 Å². The van der Waals surface area contributed by atoms with E-state index < -0.39 is 11.7 Å². The lowest BCUT2D eigenvalue weighted by Gasteiger charge is -2.01. The Morgan fingerprint density at radius 3 is 2.81 bits per heavy atom. The molecule has 1 amide bonds. The molecule has 0 spiro atoms. The Hall–Kier alpha value is -3.19. The molecule has 26 heavy (non-hydrogen) atoms. The molecule has 0 saturated heterocycles. The number of rotatable bonds is 5. The van der Waals surface area contributed by atoms with Gasteiger partial charge in [-0.1, -0.05) is 18.2 Å². The van der Waals surface area contributed by atoms with Gasteiger partial charge in [0.05, 0.1) is 24.1 Å². The van der Waals surface area contributed by atoms with Crippen LogP contribution in [0.1, 0.15) is 21.8 Å². The van der Waals surface area contributed by atoms with Gasteiger partial charge in [-0.05, 0) is 42.7 Å². The summed E-state index contributed by atoms with van der Waals surface area (Å²) in [6, 6.07) is 12.9. The fourth-order valence-electron chi connectivity index (χ4n) is 2.84. The minimum atomic E-state index is -0.672. The van der Waals surface area contributed by atoms with Crippen molar-refractivity contribution in [2.45, 2.75) is 13.5 Å². The molecule has 0 unspecified atom stereocenters. The summed E-state index contributed by atoms with van der Waals surface area (Å²) in [6.07, 6.45) is 3.31. The molecule has 0 fully saturated rings. The lowest BCUT2D eigenvalue weighted by Crippen LogP contribution is -2.22. The summed E-state index contributed by atoms with van der Waals surface area (Å²) >= 11 is 1.15. The zero-order chi connectivity index (χ0) is 18.1. The van der Waals surface area contributed by atoms with Gasteiger partial charge in [0.25, 0.3) is 11.7 Å². The second kappa shape index (κ2) is 6.61. The van der Waals surface area contributed by atoms with Crippen molar-refractivity contribution < 1.29 is 14.0 Å². The van der Waals surface area contributed by atoms with Crippen LogP contribution >= 0.6 is 11.5 Å². The van der Waals surface area contributed by atoms with E-state index in [1.165, 1.54) is 0 Å². The first-order chi connectivity index (χ1) is 12.6. The van der Waals surface area contributed by atoms with Crippen molar-refractivity contribution in [3.05, 3.63) is 71.9 Å². The number of amides is 1. The van der Waals surface area contributed by atoms with Crippen LogP contribution in [-0.2, 0) is 11.3 Å². The normalized spacial score (nSPS) is 11.0. The Bertz CT molecular complexity index is 1090. The van der Waals surface area contributed by atoms with Crippen molar-refractivity contribution in [1.82, 2.24) is 8.94 Å². The maximum Gasteiger partial charge on any atom is 0.297 e. The van der Waals surface area contributed by atoms with Crippen LogP contribution in [0.5, 0.6) is 0 Å². The highest BCUT2D eigenvalue weighted by Crippen LogP contribution is 2.24. The van der Waals surface area contributed by atoms with Gasteiger partial charge in [-0.25, -0.2) is 0 Å². The topological polar surface area (TPSA) is 77.1 Å². The fraction of sp³-hybridized carbons (Fsp3) is 0.105. The predicted molar refractivity (Wildman–Crippen MR) is 99.6 cm³/mol. The summed E-state index contributed by atoms with van der Waals surface area (Å²) in [6.45, 7) is 2.31. The molecule has 3 heterocycles. The Kier molecular flexibility index (Phi) is 4.14. The maximum atomic E-state index is 12.7. The molecule has 0 aliphatic rings. The van der Waals surface area contributed by atoms with Crippen LogP contribution in [0.25, 0.3) is 10.9 Å². The number of hydrogen-bond acceptors (Lipinski definition) is 5. The third kappa shape index (κ3) is 3.04. The van der Waals surface area contributed by atoms with E-state index in [2.05, 4.69) is 9.69 Å². The highest BCUT2D eigenvalue weighted by molar-refractivity contribution is 7.10. The van der Waals surface area contributed by atoms with E-state index in [-0.39, 0.29) is 0 Å². The number of hydrogen-bond donors (Lipinski definition) is 1.